The van der Waals surface area contributed by atoms with Crippen LogP contribution in [0.3, 0.4) is 0 Å². The maximum atomic E-state index is 13.2. The first-order chi connectivity index (χ1) is 14.9. The smallest absolute Gasteiger partial charge is 0.262 e. The SMILES string of the molecule is Cc1cc(C(C)Nc2ccc(Cl)nc2C#N)c2nc(N3CC4CC4C3)n(C)c(=O)c2c1. The van der Waals surface area contributed by atoms with Gasteiger partial charge in [0.15, 0.2) is 5.69 Å². The van der Waals surface area contributed by atoms with Crippen molar-refractivity contribution in [2.24, 2.45) is 18.9 Å². The average molecular weight is 435 g/mol. The number of aryl methyl sites for hydroxylation is 1. The van der Waals surface area contributed by atoms with Crippen molar-refractivity contribution < 1.29 is 0 Å². The first-order valence-electron chi connectivity index (χ1n) is 10.4. The number of rotatable bonds is 4. The van der Waals surface area contributed by atoms with Gasteiger partial charge in [-0.15, -0.1) is 0 Å². The predicted octanol–water partition coefficient (Wildman–Crippen LogP) is 3.79. The highest BCUT2D eigenvalue weighted by molar-refractivity contribution is 6.29. The Morgan fingerprint density at radius 1 is 1.26 bits per heavy atom. The summed E-state index contributed by atoms with van der Waals surface area (Å²) >= 11 is 5.93. The van der Waals surface area contributed by atoms with Crippen molar-refractivity contribution in [2.45, 2.75) is 26.3 Å². The summed E-state index contributed by atoms with van der Waals surface area (Å²) < 4.78 is 1.67. The van der Waals surface area contributed by atoms with Gasteiger partial charge in [0.2, 0.25) is 5.95 Å². The van der Waals surface area contributed by atoms with Gasteiger partial charge in [0.25, 0.3) is 5.56 Å². The van der Waals surface area contributed by atoms with E-state index in [-0.39, 0.29) is 22.4 Å². The molecule has 7 nitrogen and oxygen atoms in total. The van der Waals surface area contributed by atoms with Crippen molar-refractivity contribution in [3.63, 3.8) is 0 Å². The molecule has 2 fully saturated rings. The summed E-state index contributed by atoms with van der Waals surface area (Å²) in [6, 6.07) is 9.23. The highest BCUT2D eigenvalue weighted by Gasteiger charge is 2.46. The number of pyridine rings is 1. The van der Waals surface area contributed by atoms with Crippen LogP contribution in [-0.2, 0) is 7.05 Å². The minimum Gasteiger partial charge on any atom is -0.376 e. The molecule has 1 aliphatic carbocycles. The second-order valence-corrected chi connectivity index (χ2v) is 9.08. The van der Waals surface area contributed by atoms with Crippen LogP contribution in [0, 0.1) is 30.1 Å². The minimum atomic E-state index is -0.197. The Hall–Kier alpha value is -3.11. The number of fused-ring (bicyclic) bond motifs is 2. The molecule has 2 aromatic heterocycles. The van der Waals surface area contributed by atoms with Crippen LogP contribution in [0.4, 0.5) is 11.6 Å². The fourth-order valence-corrected chi connectivity index (χ4v) is 4.81. The zero-order valence-corrected chi connectivity index (χ0v) is 18.4. The highest BCUT2D eigenvalue weighted by atomic mass is 35.5. The Bertz CT molecular complexity index is 1300. The van der Waals surface area contributed by atoms with Crippen LogP contribution in [0.2, 0.25) is 5.15 Å². The van der Waals surface area contributed by atoms with Crippen molar-refractivity contribution in [1.82, 2.24) is 14.5 Å². The lowest BCUT2D eigenvalue weighted by atomic mass is 10.0. The molecule has 0 bridgehead atoms. The van der Waals surface area contributed by atoms with Crippen LogP contribution in [0.5, 0.6) is 0 Å². The van der Waals surface area contributed by atoms with E-state index < -0.39 is 0 Å². The quantitative estimate of drug-likeness (QED) is 0.628. The molecule has 158 valence electrons. The molecule has 3 unspecified atom stereocenters. The lowest BCUT2D eigenvalue weighted by Crippen LogP contribution is -2.31. The molecule has 3 aromatic rings. The number of nitriles is 1. The maximum absolute atomic E-state index is 13.2. The molecule has 31 heavy (non-hydrogen) atoms. The summed E-state index contributed by atoms with van der Waals surface area (Å²) in [5, 5.41) is 13.7. The van der Waals surface area contributed by atoms with Crippen molar-refractivity contribution in [1.29, 1.82) is 5.26 Å². The molecule has 1 saturated heterocycles. The second-order valence-electron chi connectivity index (χ2n) is 8.70. The molecule has 1 saturated carbocycles. The Balaban J connectivity index is 1.60. The third-order valence-corrected chi connectivity index (χ3v) is 6.61. The number of nitrogens with one attached hydrogen (secondary N) is 1. The standard InChI is InChI=1S/C23H23ClN6O/c1-12-6-16(13(2)26-18-4-5-20(24)27-19(18)9-25)21-17(7-12)22(31)29(3)23(28-21)30-10-14-8-15(14)11-30/h4-7,13-15,26H,8,10-11H2,1-3H3. The first kappa shape index (κ1) is 19.8. The van der Waals surface area contributed by atoms with E-state index >= 15 is 0 Å². The van der Waals surface area contributed by atoms with E-state index in [0.717, 1.165) is 42.0 Å². The second kappa shape index (κ2) is 7.24. The van der Waals surface area contributed by atoms with Crippen molar-refractivity contribution in [3.8, 4) is 6.07 Å². The molecule has 3 heterocycles. The normalized spacial score (nSPS) is 20.4. The lowest BCUT2D eigenvalue weighted by molar-refractivity contribution is 0.729. The molecule has 0 amide bonds. The number of anilines is 2. The molecule has 1 aliphatic heterocycles. The summed E-state index contributed by atoms with van der Waals surface area (Å²) in [4.78, 5) is 24.5. The topological polar surface area (TPSA) is 86.8 Å². The Labute approximate surface area is 185 Å². The summed E-state index contributed by atoms with van der Waals surface area (Å²) in [5.74, 6) is 2.22. The number of nitrogens with zero attached hydrogens (tertiary/aromatic N) is 5. The summed E-state index contributed by atoms with van der Waals surface area (Å²) in [6.07, 6.45) is 1.29. The fraction of sp³-hybridized carbons (Fsp3) is 0.391. The van der Waals surface area contributed by atoms with Crippen molar-refractivity contribution in [3.05, 3.63) is 56.6 Å². The van der Waals surface area contributed by atoms with E-state index in [4.69, 9.17) is 16.6 Å². The fourth-order valence-electron chi connectivity index (χ4n) is 4.66. The molecule has 1 aromatic carbocycles. The molecule has 5 rings (SSSR count). The summed E-state index contributed by atoms with van der Waals surface area (Å²) in [6.45, 7) is 5.90. The van der Waals surface area contributed by atoms with Gasteiger partial charge >= 0.3 is 0 Å². The molecular weight excluding hydrogens is 412 g/mol. The van der Waals surface area contributed by atoms with E-state index in [1.54, 1.807) is 23.7 Å². The largest absolute Gasteiger partial charge is 0.376 e. The highest BCUT2D eigenvalue weighted by Crippen LogP contribution is 2.46. The monoisotopic (exact) mass is 434 g/mol. The zero-order chi connectivity index (χ0) is 21.9. The third kappa shape index (κ3) is 3.41. The number of hydrogen-bond donors (Lipinski definition) is 1. The summed E-state index contributed by atoms with van der Waals surface area (Å²) in [5.41, 5.74) is 3.39. The Morgan fingerprint density at radius 2 is 2.00 bits per heavy atom. The Morgan fingerprint density at radius 3 is 2.71 bits per heavy atom. The third-order valence-electron chi connectivity index (χ3n) is 6.40. The van der Waals surface area contributed by atoms with Gasteiger partial charge in [-0.25, -0.2) is 9.97 Å². The van der Waals surface area contributed by atoms with E-state index in [0.29, 0.717) is 16.6 Å². The molecule has 8 heteroatoms. The van der Waals surface area contributed by atoms with Crippen LogP contribution in [0.15, 0.2) is 29.1 Å². The Kier molecular flexibility index (Phi) is 4.63. The van der Waals surface area contributed by atoms with Gasteiger partial charge in [-0.3, -0.25) is 9.36 Å². The average Bonchev–Trinajstić information content (AvgIpc) is 3.36. The number of hydrogen-bond acceptors (Lipinski definition) is 6. The zero-order valence-electron chi connectivity index (χ0n) is 17.7. The molecule has 1 N–H and O–H groups in total. The van der Waals surface area contributed by atoms with Crippen LogP contribution in [-0.4, -0.2) is 27.6 Å². The van der Waals surface area contributed by atoms with Crippen molar-refractivity contribution >= 4 is 34.1 Å². The number of piperidine rings is 1. The molecule has 0 radical (unpaired) electrons. The molecular formula is C23H23ClN6O. The van der Waals surface area contributed by atoms with Gasteiger partial charge in [-0.1, -0.05) is 17.7 Å². The molecule has 3 atom stereocenters. The number of aromatic nitrogens is 3. The van der Waals surface area contributed by atoms with Crippen LogP contribution >= 0.6 is 11.6 Å². The van der Waals surface area contributed by atoms with Gasteiger partial charge in [-0.2, -0.15) is 5.26 Å². The van der Waals surface area contributed by atoms with Gasteiger partial charge in [-0.05, 0) is 55.9 Å². The maximum Gasteiger partial charge on any atom is 0.262 e. The van der Waals surface area contributed by atoms with E-state index in [2.05, 4.69) is 21.3 Å². The van der Waals surface area contributed by atoms with Gasteiger partial charge in [0.1, 0.15) is 11.2 Å². The van der Waals surface area contributed by atoms with Crippen LogP contribution in [0.1, 0.15) is 36.2 Å². The number of benzene rings is 1. The number of halogens is 1. The van der Waals surface area contributed by atoms with Crippen LogP contribution in [0.25, 0.3) is 10.9 Å². The van der Waals surface area contributed by atoms with Gasteiger partial charge in [0.05, 0.1) is 22.6 Å². The minimum absolute atomic E-state index is 0.0383. The van der Waals surface area contributed by atoms with Gasteiger partial charge in [0, 0.05) is 25.7 Å². The summed E-state index contributed by atoms with van der Waals surface area (Å²) in [7, 11) is 1.80. The lowest BCUT2D eigenvalue weighted by Gasteiger charge is -2.24. The van der Waals surface area contributed by atoms with Crippen LogP contribution < -0.4 is 15.8 Å². The van der Waals surface area contributed by atoms with E-state index in [9.17, 15) is 10.1 Å². The molecule has 2 aliphatic rings. The van der Waals surface area contributed by atoms with E-state index in [1.165, 1.54) is 6.42 Å². The van der Waals surface area contributed by atoms with E-state index in [1.807, 2.05) is 26.0 Å². The molecule has 0 spiro atoms. The van der Waals surface area contributed by atoms with Crippen molar-refractivity contribution in [2.75, 3.05) is 23.3 Å². The van der Waals surface area contributed by atoms with Gasteiger partial charge < -0.3 is 10.2 Å². The predicted molar refractivity (Wildman–Crippen MR) is 122 cm³/mol. The first-order valence-corrected chi connectivity index (χ1v) is 10.8.